The fourth-order valence-corrected chi connectivity index (χ4v) is 3.79. The van der Waals surface area contributed by atoms with Gasteiger partial charge < -0.3 is 15.4 Å². The van der Waals surface area contributed by atoms with Crippen LogP contribution in [0.5, 0.6) is 0 Å². The van der Waals surface area contributed by atoms with E-state index < -0.39 is 0 Å². The van der Waals surface area contributed by atoms with Crippen molar-refractivity contribution in [3.63, 3.8) is 0 Å². The molecule has 33 heavy (non-hydrogen) atoms. The van der Waals surface area contributed by atoms with Gasteiger partial charge in [0.15, 0.2) is 0 Å². The highest BCUT2D eigenvalue weighted by atomic mass is 35.5. The van der Waals surface area contributed by atoms with Gasteiger partial charge in [0.25, 0.3) is 0 Å². The number of aromatic nitrogens is 3. The molecule has 1 aliphatic rings. The molecular weight excluding hydrogens is 445 g/mol. The number of rotatable bonds is 6. The summed E-state index contributed by atoms with van der Waals surface area (Å²) in [7, 11) is 0. The molecule has 0 spiro atoms. The highest BCUT2D eigenvalue weighted by molar-refractivity contribution is 5.85. The largest absolute Gasteiger partial charge is 0.378 e. The fourth-order valence-electron chi connectivity index (χ4n) is 3.79. The Bertz CT molecular complexity index is 1150. The van der Waals surface area contributed by atoms with Crippen molar-refractivity contribution in [1.82, 2.24) is 14.3 Å². The molecule has 0 radical (unpaired) electrons. The molecule has 3 aromatic rings. The maximum absolute atomic E-state index is 12.8. The maximum atomic E-state index is 12.8. The zero-order valence-electron chi connectivity index (χ0n) is 17.9. The highest BCUT2D eigenvalue weighted by Gasteiger charge is 2.14. The van der Waals surface area contributed by atoms with Crippen LogP contribution in [0.15, 0.2) is 65.5 Å². The number of aryl methyl sites for hydroxylation is 1. The number of nitrogens with two attached hydrogens (primary N) is 1. The second-order valence-corrected chi connectivity index (χ2v) is 7.56. The van der Waals surface area contributed by atoms with E-state index in [0.29, 0.717) is 17.6 Å². The molecule has 7 nitrogen and oxygen atoms in total. The number of hydrogen-bond acceptors (Lipinski definition) is 5. The minimum absolute atomic E-state index is 0. The number of anilines is 1. The summed E-state index contributed by atoms with van der Waals surface area (Å²) in [6.45, 7) is 5.46. The Kier molecular flexibility index (Phi) is 9.40. The van der Waals surface area contributed by atoms with E-state index in [2.05, 4.69) is 35.1 Å². The lowest BCUT2D eigenvalue weighted by Gasteiger charge is -2.30. The van der Waals surface area contributed by atoms with E-state index in [0.717, 1.165) is 37.4 Å². The summed E-state index contributed by atoms with van der Waals surface area (Å²) in [6, 6.07) is 14.1. The first kappa shape index (κ1) is 26.3. The minimum Gasteiger partial charge on any atom is -0.378 e. The summed E-state index contributed by atoms with van der Waals surface area (Å²) in [4.78, 5) is 15.1. The van der Waals surface area contributed by atoms with Gasteiger partial charge in [0.1, 0.15) is 6.33 Å². The zero-order chi connectivity index (χ0) is 21.8. The maximum Gasteiger partial charge on any atom is 0.350 e. The lowest BCUT2D eigenvalue weighted by molar-refractivity contribution is 0.122. The average molecular weight is 476 g/mol. The van der Waals surface area contributed by atoms with E-state index in [1.54, 1.807) is 0 Å². The molecule has 178 valence electrons. The van der Waals surface area contributed by atoms with Crippen LogP contribution in [0.2, 0.25) is 0 Å². The Balaban J connectivity index is 0.00000193. The predicted octanol–water partition coefficient (Wildman–Crippen LogP) is 3.72. The molecule has 1 fully saturated rings. The summed E-state index contributed by atoms with van der Waals surface area (Å²) in [6.07, 6.45) is 1.87. The molecule has 1 aromatic heterocycles. The van der Waals surface area contributed by atoms with Gasteiger partial charge in [0.05, 0.1) is 31.8 Å². The second kappa shape index (κ2) is 11.8. The van der Waals surface area contributed by atoms with E-state index in [1.165, 1.54) is 26.8 Å². The molecular formula is C24H31ClFN5O2. The van der Waals surface area contributed by atoms with Crippen LogP contribution in [0.1, 0.15) is 13.0 Å². The molecule has 2 aromatic carbocycles. The summed E-state index contributed by atoms with van der Waals surface area (Å²) in [5.41, 5.74) is 10.6. The molecule has 1 saturated heterocycles. The number of ether oxygens (including phenoxy) is 1. The van der Waals surface area contributed by atoms with Gasteiger partial charge in [0, 0.05) is 25.3 Å². The summed E-state index contributed by atoms with van der Waals surface area (Å²) in [5, 5.41) is 4.10. The van der Waals surface area contributed by atoms with Gasteiger partial charge in [-0.1, -0.05) is 25.6 Å². The lowest BCUT2D eigenvalue weighted by Crippen LogP contribution is -2.36. The second-order valence-electron chi connectivity index (χ2n) is 7.56. The van der Waals surface area contributed by atoms with Crippen LogP contribution in [0.3, 0.4) is 0 Å². The molecule has 0 saturated carbocycles. The SMILES string of the molecule is C.Cc1cc(-c2cccc(-n3cnn(C/C(=C/F)CN)c3=O)c2)ccc1N1CCOCC1.Cl. The number of hydrogen-bond donors (Lipinski definition) is 1. The number of benzene rings is 2. The van der Waals surface area contributed by atoms with Crippen molar-refractivity contribution in [2.45, 2.75) is 20.9 Å². The van der Waals surface area contributed by atoms with Crippen molar-refractivity contribution < 1.29 is 9.13 Å². The molecule has 2 N–H and O–H groups in total. The third-order valence-electron chi connectivity index (χ3n) is 5.51. The quantitative estimate of drug-likeness (QED) is 0.588. The normalized spacial score (nSPS) is 13.9. The van der Waals surface area contributed by atoms with Crippen molar-refractivity contribution in [1.29, 1.82) is 0 Å². The monoisotopic (exact) mass is 475 g/mol. The molecule has 1 aliphatic heterocycles. The van der Waals surface area contributed by atoms with Gasteiger partial charge in [-0.3, -0.25) is 0 Å². The van der Waals surface area contributed by atoms with Crippen molar-refractivity contribution >= 4 is 18.1 Å². The number of halogens is 2. The van der Waals surface area contributed by atoms with Crippen LogP contribution in [-0.2, 0) is 11.3 Å². The van der Waals surface area contributed by atoms with Crippen molar-refractivity contribution in [3.05, 3.63) is 76.7 Å². The Morgan fingerprint density at radius 1 is 1.18 bits per heavy atom. The van der Waals surface area contributed by atoms with Crippen LogP contribution in [0, 0.1) is 6.92 Å². The topological polar surface area (TPSA) is 78.3 Å². The van der Waals surface area contributed by atoms with E-state index in [1.807, 2.05) is 24.3 Å². The van der Waals surface area contributed by atoms with Gasteiger partial charge in [-0.15, -0.1) is 12.4 Å². The Morgan fingerprint density at radius 2 is 1.91 bits per heavy atom. The van der Waals surface area contributed by atoms with Gasteiger partial charge in [-0.05, 0) is 53.5 Å². The zero-order valence-corrected chi connectivity index (χ0v) is 18.7. The number of nitrogens with zero attached hydrogens (tertiary/aromatic N) is 4. The predicted molar refractivity (Wildman–Crippen MR) is 133 cm³/mol. The Hall–Kier alpha value is -2.94. The molecule has 4 rings (SSSR count). The van der Waals surface area contributed by atoms with E-state index in [-0.39, 0.29) is 38.6 Å². The third kappa shape index (κ3) is 5.71. The van der Waals surface area contributed by atoms with Crippen molar-refractivity contribution in [2.75, 3.05) is 37.7 Å². The Morgan fingerprint density at radius 3 is 2.58 bits per heavy atom. The van der Waals surface area contributed by atoms with Crippen molar-refractivity contribution in [3.8, 4) is 16.8 Å². The third-order valence-corrected chi connectivity index (χ3v) is 5.51. The van der Waals surface area contributed by atoms with Gasteiger partial charge in [-0.2, -0.15) is 5.10 Å². The fraction of sp³-hybridized carbons (Fsp3) is 0.333. The molecule has 2 heterocycles. The van der Waals surface area contributed by atoms with E-state index >= 15 is 0 Å². The Labute approximate surface area is 199 Å². The first-order valence-electron chi connectivity index (χ1n) is 10.3. The highest BCUT2D eigenvalue weighted by Crippen LogP contribution is 2.28. The van der Waals surface area contributed by atoms with Gasteiger partial charge in [0.2, 0.25) is 0 Å². The average Bonchev–Trinajstić information content (AvgIpc) is 3.18. The van der Waals surface area contributed by atoms with Crippen LogP contribution >= 0.6 is 12.4 Å². The van der Waals surface area contributed by atoms with Crippen LogP contribution < -0.4 is 16.3 Å². The summed E-state index contributed by atoms with van der Waals surface area (Å²) in [5.74, 6) is 0. The first-order valence-corrected chi connectivity index (χ1v) is 10.3. The molecule has 9 heteroatoms. The standard InChI is InChI=1S/C23H26FN5O2.CH4.ClH/c1-17-11-20(5-6-22(17)27-7-9-31-10-8-27)19-3-2-4-21(12-19)28-16-26-29(23(28)30)15-18(13-24)14-25;;/h2-6,11-13,16H,7-10,14-15,25H2,1H3;1H4;1H/b18-13+;;. The lowest BCUT2D eigenvalue weighted by atomic mass is 10.0. The van der Waals surface area contributed by atoms with Gasteiger partial charge in [-0.25, -0.2) is 18.4 Å². The summed E-state index contributed by atoms with van der Waals surface area (Å²) >= 11 is 0. The van der Waals surface area contributed by atoms with Gasteiger partial charge >= 0.3 is 5.69 Å². The minimum atomic E-state index is -0.344. The molecule has 0 unspecified atom stereocenters. The molecule has 0 bridgehead atoms. The van der Waals surface area contributed by atoms with Crippen LogP contribution in [-0.4, -0.2) is 47.2 Å². The van der Waals surface area contributed by atoms with E-state index in [9.17, 15) is 9.18 Å². The van der Waals surface area contributed by atoms with Crippen molar-refractivity contribution in [2.24, 2.45) is 5.73 Å². The smallest absolute Gasteiger partial charge is 0.350 e. The summed E-state index contributed by atoms with van der Waals surface area (Å²) < 4.78 is 20.9. The molecule has 0 amide bonds. The first-order chi connectivity index (χ1) is 15.1. The van der Waals surface area contributed by atoms with Crippen LogP contribution in [0.25, 0.3) is 16.8 Å². The molecule has 0 aliphatic carbocycles. The molecule has 0 atom stereocenters. The number of morpholine rings is 1. The van der Waals surface area contributed by atoms with Crippen LogP contribution in [0.4, 0.5) is 10.1 Å². The van der Waals surface area contributed by atoms with E-state index in [4.69, 9.17) is 10.5 Å².